The first-order chi connectivity index (χ1) is 14.3. The number of benzene rings is 1. The van der Waals surface area contributed by atoms with Gasteiger partial charge in [0.25, 0.3) is 5.89 Å². The van der Waals surface area contributed by atoms with Crippen molar-refractivity contribution in [2.75, 3.05) is 12.0 Å². The van der Waals surface area contributed by atoms with E-state index in [1.807, 2.05) is 0 Å². The number of hydrogen-bond acceptors (Lipinski definition) is 6. The molecule has 10 heteroatoms. The quantitative estimate of drug-likeness (QED) is 0.572. The summed E-state index contributed by atoms with van der Waals surface area (Å²) in [6, 6.07) is 4.36. The molecule has 2 aromatic heterocycles. The lowest BCUT2D eigenvalue weighted by molar-refractivity contribution is 0.413. The summed E-state index contributed by atoms with van der Waals surface area (Å²) >= 11 is 6.30. The van der Waals surface area contributed by atoms with Gasteiger partial charge in [-0.3, -0.25) is 4.68 Å². The minimum absolute atomic E-state index is 0.0172. The molecule has 2 aliphatic rings. The number of sulfone groups is 1. The van der Waals surface area contributed by atoms with Crippen LogP contribution >= 0.6 is 11.6 Å². The molecule has 3 aromatic rings. The van der Waals surface area contributed by atoms with Crippen molar-refractivity contribution in [3.8, 4) is 11.6 Å². The van der Waals surface area contributed by atoms with Gasteiger partial charge in [-0.1, -0.05) is 22.8 Å². The number of aromatic nitrogens is 4. The summed E-state index contributed by atoms with van der Waals surface area (Å²) in [6.45, 7) is 0.230. The van der Waals surface area contributed by atoms with E-state index in [0.29, 0.717) is 22.4 Å². The predicted octanol–water partition coefficient (Wildman–Crippen LogP) is 3.34. The van der Waals surface area contributed by atoms with Crippen LogP contribution in [0.25, 0.3) is 11.6 Å². The molecular formula is C20H20ClFN4O3S. The molecule has 1 saturated carbocycles. The maximum atomic E-state index is 13.5. The zero-order chi connectivity index (χ0) is 21.1. The first kappa shape index (κ1) is 19.7. The molecule has 7 nitrogen and oxygen atoms in total. The number of rotatable bonds is 6. The molecule has 0 spiro atoms. The van der Waals surface area contributed by atoms with Crippen molar-refractivity contribution >= 4 is 21.4 Å². The van der Waals surface area contributed by atoms with Gasteiger partial charge in [0.15, 0.2) is 5.82 Å². The highest BCUT2D eigenvalue weighted by Crippen LogP contribution is 2.54. The highest BCUT2D eigenvalue weighted by atomic mass is 35.5. The van der Waals surface area contributed by atoms with Crippen LogP contribution in [0.2, 0.25) is 5.02 Å². The first-order valence-electron chi connectivity index (χ1n) is 9.83. The van der Waals surface area contributed by atoms with Gasteiger partial charge >= 0.3 is 0 Å². The standard InChI is InChI=1S/C20H20ClFN4O3S/c1-30(27,28)10-9-26-17(13-3-2-4-16(13)24-26)18-23-19(25-29-18)20(7-8-20)14-6-5-12(22)11-15(14)21/h5-6,11H,2-4,7-10H2,1H3. The van der Waals surface area contributed by atoms with Crippen molar-refractivity contribution in [1.29, 1.82) is 0 Å². The molecule has 0 amide bonds. The Labute approximate surface area is 178 Å². The molecule has 1 fully saturated rings. The van der Waals surface area contributed by atoms with Gasteiger partial charge in [0, 0.05) is 16.8 Å². The summed E-state index contributed by atoms with van der Waals surface area (Å²) < 4.78 is 44.1. The first-order valence-corrected chi connectivity index (χ1v) is 12.3. The second kappa shape index (κ2) is 6.88. The van der Waals surface area contributed by atoms with Crippen molar-refractivity contribution in [1.82, 2.24) is 19.9 Å². The summed E-state index contributed by atoms with van der Waals surface area (Å²) in [6.07, 6.45) is 5.48. The van der Waals surface area contributed by atoms with Crippen LogP contribution in [0, 0.1) is 5.82 Å². The van der Waals surface area contributed by atoms with Crippen LogP contribution in [0.4, 0.5) is 4.39 Å². The van der Waals surface area contributed by atoms with Crippen molar-refractivity contribution in [2.24, 2.45) is 0 Å². The molecule has 30 heavy (non-hydrogen) atoms. The largest absolute Gasteiger partial charge is 0.332 e. The molecule has 0 saturated heterocycles. The van der Waals surface area contributed by atoms with Crippen LogP contribution in [0.15, 0.2) is 22.7 Å². The third-order valence-electron chi connectivity index (χ3n) is 5.90. The summed E-state index contributed by atoms with van der Waals surface area (Å²) in [5.74, 6) is 0.433. The zero-order valence-corrected chi connectivity index (χ0v) is 17.9. The monoisotopic (exact) mass is 450 g/mol. The number of halogens is 2. The second-order valence-corrected chi connectivity index (χ2v) is 10.8. The molecule has 2 heterocycles. The Bertz CT molecular complexity index is 1250. The van der Waals surface area contributed by atoms with E-state index in [4.69, 9.17) is 16.1 Å². The summed E-state index contributed by atoms with van der Waals surface area (Å²) in [4.78, 5) is 4.67. The minimum Gasteiger partial charge on any atom is -0.332 e. The van der Waals surface area contributed by atoms with Crippen LogP contribution in [0.3, 0.4) is 0 Å². The molecular weight excluding hydrogens is 431 g/mol. The highest BCUT2D eigenvalue weighted by Gasteiger charge is 2.51. The Morgan fingerprint density at radius 1 is 1.30 bits per heavy atom. The third-order valence-corrected chi connectivity index (χ3v) is 7.14. The molecule has 158 valence electrons. The lowest BCUT2D eigenvalue weighted by atomic mass is 9.95. The van der Waals surface area contributed by atoms with Crippen molar-refractivity contribution in [3.63, 3.8) is 0 Å². The molecule has 0 bridgehead atoms. The number of hydrogen-bond donors (Lipinski definition) is 0. The van der Waals surface area contributed by atoms with E-state index in [1.165, 1.54) is 18.4 Å². The van der Waals surface area contributed by atoms with Gasteiger partial charge in [-0.15, -0.1) is 0 Å². The van der Waals surface area contributed by atoms with E-state index in [1.54, 1.807) is 10.7 Å². The number of fused-ring (bicyclic) bond motifs is 1. The smallest absolute Gasteiger partial charge is 0.276 e. The third kappa shape index (κ3) is 3.33. The summed E-state index contributed by atoms with van der Waals surface area (Å²) in [5.41, 5.74) is 3.01. The van der Waals surface area contributed by atoms with E-state index in [2.05, 4.69) is 15.2 Å². The van der Waals surface area contributed by atoms with Gasteiger partial charge in [-0.05, 0) is 49.8 Å². The van der Waals surface area contributed by atoms with Gasteiger partial charge < -0.3 is 4.52 Å². The summed E-state index contributed by atoms with van der Waals surface area (Å²) in [7, 11) is -3.14. The van der Waals surface area contributed by atoms with Crippen molar-refractivity contribution in [2.45, 2.75) is 44.1 Å². The van der Waals surface area contributed by atoms with Crippen LogP contribution in [-0.2, 0) is 34.6 Å². The fraction of sp³-hybridized carbons (Fsp3) is 0.450. The fourth-order valence-electron chi connectivity index (χ4n) is 4.23. The van der Waals surface area contributed by atoms with Gasteiger partial charge in [-0.25, -0.2) is 12.8 Å². The van der Waals surface area contributed by atoms with E-state index in [-0.39, 0.29) is 12.3 Å². The Hall–Kier alpha value is -2.26. The Morgan fingerprint density at radius 3 is 2.80 bits per heavy atom. The number of nitrogens with zero attached hydrogens (tertiary/aromatic N) is 4. The Morgan fingerprint density at radius 2 is 2.10 bits per heavy atom. The highest BCUT2D eigenvalue weighted by molar-refractivity contribution is 7.90. The molecule has 5 rings (SSSR count). The molecule has 0 unspecified atom stereocenters. The topological polar surface area (TPSA) is 90.9 Å². The maximum absolute atomic E-state index is 13.5. The molecule has 2 aliphatic carbocycles. The molecule has 0 radical (unpaired) electrons. The zero-order valence-electron chi connectivity index (χ0n) is 16.4. The van der Waals surface area contributed by atoms with E-state index in [9.17, 15) is 12.8 Å². The van der Waals surface area contributed by atoms with Gasteiger partial charge in [0.05, 0.1) is 23.4 Å². The van der Waals surface area contributed by atoms with Crippen LogP contribution < -0.4 is 0 Å². The van der Waals surface area contributed by atoms with Crippen LogP contribution in [-0.4, -0.2) is 40.3 Å². The molecule has 0 N–H and O–H groups in total. The SMILES string of the molecule is CS(=O)(=O)CCn1nc2c(c1-c1nc(C3(c4ccc(F)cc4Cl)CC3)no1)CCC2. The molecule has 1 aromatic carbocycles. The predicted molar refractivity (Wildman–Crippen MR) is 109 cm³/mol. The molecule has 0 aliphatic heterocycles. The van der Waals surface area contributed by atoms with E-state index < -0.39 is 21.1 Å². The maximum Gasteiger partial charge on any atom is 0.276 e. The fourth-order valence-corrected chi connectivity index (χ4v) is 5.08. The minimum atomic E-state index is -3.14. The van der Waals surface area contributed by atoms with E-state index >= 15 is 0 Å². The normalized spacial score (nSPS) is 17.3. The lowest BCUT2D eigenvalue weighted by Crippen LogP contribution is -2.14. The second-order valence-electron chi connectivity index (χ2n) is 8.11. The summed E-state index contributed by atoms with van der Waals surface area (Å²) in [5, 5.41) is 9.17. The van der Waals surface area contributed by atoms with Gasteiger partial charge in [0.1, 0.15) is 21.3 Å². The van der Waals surface area contributed by atoms with Gasteiger partial charge in [0.2, 0.25) is 0 Å². The van der Waals surface area contributed by atoms with Crippen LogP contribution in [0.1, 0.15) is 41.9 Å². The Balaban J connectivity index is 1.53. The van der Waals surface area contributed by atoms with Crippen LogP contribution in [0.5, 0.6) is 0 Å². The van der Waals surface area contributed by atoms with Crippen molar-refractivity contribution < 1.29 is 17.3 Å². The lowest BCUT2D eigenvalue weighted by Gasteiger charge is -2.13. The van der Waals surface area contributed by atoms with Gasteiger partial charge in [-0.2, -0.15) is 10.1 Å². The average Bonchev–Trinajstić information content (AvgIpc) is 3.02. The number of aryl methyl sites for hydroxylation is 2. The average molecular weight is 451 g/mol. The van der Waals surface area contributed by atoms with Crippen molar-refractivity contribution in [3.05, 3.63) is 51.7 Å². The molecule has 0 atom stereocenters. The Kier molecular flexibility index (Phi) is 4.52. The van der Waals surface area contributed by atoms with E-state index in [0.717, 1.165) is 48.9 Å².